The molecule has 2 heterocycles. The molecule has 5 N–H and O–H groups in total. The van der Waals surface area contributed by atoms with Crippen molar-refractivity contribution in [2.24, 2.45) is 0 Å². The maximum atomic E-state index is 12.7. The largest absolute Gasteiger partial charge is 0.630 e. The van der Waals surface area contributed by atoms with Crippen molar-refractivity contribution in [2.75, 3.05) is 26.2 Å². The van der Waals surface area contributed by atoms with Gasteiger partial charge in [0.05, 0.1) is 11.1 Å². The Balaban J connectivity index is 0.00000280. The molecule has 1 aromatic heterocycles. The Morgan fingerprint density at radius 1 is 1.21 bits per heavy atom. The Morgan fingerprint density at radius 3 is 2.57 bits per heavy atom. The molecule has 0 atom stereocenters. The fourth-order valence-electron chi connectivity index (χ4n) is 3.66. The van der Waals surface area contributed by atoms with Gasteiger partial charge in [-0.15, -0.1) is 0 Å². The lowest BCUT2D eigenvalue weighted by Crippen LogP contribution is -2.70. The van der Waals surface area contributed by atoms with Gasteiger partial charge >= 0.3 is 0 Å². The summed E-state index contributed by atoms with van der Waals surface area (Å²) in [5.41, 5.74) is 2.50. The first kappa shape index (κ1) is 22.0. The molecule has 154 valence electrons. The van der Waals surface area contributed by atoms with Crippen LogP contribution in [0.25, 0.3) is 10.9 Å². The summed E-state index contributed by atoms with van der Waals surface area (Å²) in [6.07, 6.45) is 5.39. The summed E-state index contributed by atoms with van der Waals surface area (Å²) in [7, 11) is 0. The number of rotatable bonds is 7. The third kappa shape index (κ3) is 4.77. The Kier molecular flexibility index (Phi) is 7.70. The van der Waals surface area contributed by atoms with Crippen LogP contribution >= 0.6 is 0 Å². The fourth-order valence-corrected chi connectivity index (χ4v) is 3.66. The quantitative estimate of drug-likeness (QED) is 0.315. The van der Waals surface area contributed by atoms with Crippen molar-refractivity contribution in [1.82, 2.24) is 14.8 Å². The first-order valence-electron chi connectivity index (χ1n) is 9.66. The second kappa shape index (κ2) is 9.79. The van der Waals surface area contributed by atoms with Crippen molar-refractivity contribution in [3.05, 3.63) is 35.2 Å². The van der Waals surface area contributed by atoms with Crippen LogP contribution in [0.5, 0.6) is 0 Å². The van der Waals surface area contributed by atoms with Crippen LogP contribution in [-0.4, -0.2) is 52.8 Å². The number of piperidine rings is 1. The second-order valence-corrected chi connectivity index (χ2v) is 7.43. The number of benzene rings is 1. The molecule has 1 saturated heterocycles. The number of likely N-dealkylation sites (tertiary alicyclic amines) is 1. The van der Waals surface area contributed by atoms with E-state index in [2.05, 4.69) is 10.2 Å². The molecular formula is C20H30N4O4. The van der Waals surface area contributed by atoms with Crippen LogP contribution in [0.15, 0.2) is 24.4 Å². The Bertz CT molecular complexity index is 825. The van der Waals surface area contributed by atoms with Gasteiger partial charge in [0.2, 0.25) is 0 Å². The van der Waals surface area contributed by atoms with Gasteiger partial charge in [0.1, 0.15) is 5.69 Å². The highest BCUT2D eigenvalue weighted by Crippen LogP contribution is 2.26. The van der Waals surface area contributed by atoms with Crippen molar-refractivity contribution in [2.45, 2.75) is 39.2 Å². The molecule has 0 spiro atoms. The zero-order valence-corrected chi connectivity index (χ0v) is 16.5. The summed E-state index contributed by atoms with van der Waals surface area (Å²) in [6.45, 7) is 7.37. The van der Waals surface area contributed by atoms with Gasteiger partial charge in [-0.1, -0.05) is 6.42 Å². The molecule has 1 amide bonds. The molecule has 2 aromatic rings. The van der Waals surface area contributed by atoms with Crippen molar-refractivity contribution in [1.29, 1.82) is 0 Å². The van der Waals surface area contributed by atoms with Gasteiger partial charge in [-0.2, -0.15) is 0 Å². The lowest BCUT2D eigenvalue weighted by Gasteiger charge is -2.26. The first-order chi connectivity index (χ1) is 13.0. The van der Waals surface area contributed by atoms with Gasteiger partial charge in [-0.3, -0.25) is 9.59 Å². The number of nitrogens with zero attached hydrogens (tertiary/aromatic N) is 2. The van der Waals surface area contributed by atoms with E-state index in [9.17, 15) is 14.8 Å². The number of nitrogens with one attached hydrogen (secondary N) is 1. The number of aromatic nitrogens is 1. The van der Waals surface area contributed by atoms with Gasteiger partial charge in [0.25, 0.3) is 11.7 Å². The smallest absolute Gasteiger partial charge is 0.292 e. The Hall–Kier alpha value is -2.26. The van der Waals surface area contributed by atoms with Gasteiger partial charge in [-0.05, 0) is 45.8 Å². The average Bonchev–Trinajstić information content (AvgIpc) is 3.07. The second-order valence-electron chi connectivity index (χ2n) is 7.43. The lowest BCUT2D eigenvalue weighted by atomic mass is 10.1. The molecule has 0 saturated carbocycles. The number of Topliss-reactive ketones (excluding diaryl/α,β-unsaturated/α-hetero) is 1. The molecular weight excluding hydrogens is 360 g/mol. The molecule has 8 heteroatoms. The molecule has 3 rings (SSSR count). The molecule has 1 aromatic carbocycles. The predicted octanol–water partition coefficient (Wildman–Crippen LogP) is 0.875. The van der Waals surface area contributed by atoms with Crippen molar-refractivity contribution in [3.8, 4) is 0 Å². The minimum absolute atomic E-state index is 0. The van der Waals surface area contributed by atoms with Crippen LogP contribution in [0.3, 0.4) is 0 Å². The summed E-state index contributed by atoms with van der Waals surface area (Å²) in [4.78, 5) is 27.4. The van der Waals surface area contributed by atoms with Gasteiger partial charge in [-0.25, -0.2) is 0 Å². The van der Waals surface area contributed by atoms with Gasteiger partial charge < -0.3 is 30.9 Å². The third-order valence-electron chi connectivity index (χ3n) is 5.16. The highest BCUT2D eigenvalue weighted by Gasteiger charge is 2.23. The van der Waals surface area contributed by atoms with Crippen LogP contribution in [0.1, 0.15) is 49.5 Å². The number of ketones is 1. The van der Waals surface area contributed by atoms with E-state index >= 15 is 0 Å². The van der Waals surface area contributed by atoms with Crippen molar-refractivity contribution in [3.63, 3.8) is 0 Å². The van der Waals surface area contributed by atoms with E-state index in [1.807, 2.05) is 18.4 Å². The normalized spacial score (nSPS) is 14.9. The number of amides is 1. The van der Waals surface area contributed by atoms with E-state index < -0.39 is 11.7 Å². The van der Waals surface area contributed by atoms with E-state index in [1.165, 1.54) is 19.3 Å². The number of fused-ring (bicyclic) bond motifs is 1. The summed E-state index contributed by atoms with van der Waals surface area (Å²) < 4.78 is 1.93. The number of hydrogen-bond acceptors (Lipinski definition) is 4. The molecule has 1 aliphatic rings. The van der Waals surface area contributed by atoms with Crippen LogP contribution in [0.4, 0.5) is 5.69 Å². The van der Waals surface area contributed by atoms with Gasteiger partial charge in [0, 0.05) is 42.8 Å². The number of quaternary nitrogens is 1. The SMILES string of the molecule is CC(C)n1cc(C(=O)C(=O)NCCN2CCCCC2)c2ccc([NH2+][O-])cc21.O. The summed E-state index contributed by atoms with van der Waals surface area (Å²) in [6, 6.07) is 5.28. The molecule has 28 heavy (non-hydrogen) atoms. The lowest BCUT2D eigenvalue weighted by molar-refractivity contribution is -0.497. The monoisotopic (exact) mass is 390 g/mol. The maximum absolute atomic E-state index is 12.7. The Labute approximate surface area is 164 Å². The van der Waals surface area contributed by atoms with E-state index in [1.54, 1.807) is 24.4 Å². The average molecular weight is 390 g/mol. The van der Waals surface area contributed by atoms with Crippen molar-refractivity contribution < 1.29 is 20.5 Å². The number of nitrogens with two attached hydrogens (primary N) is 1. The minimum atomic E-state index is -0.575. The van der Waals surface area contributed by atoms with E-state index in [0.717, 1.165) is 30.6 Å². The Morgan fingerprint density at radius 2 is 1.93 bits per heavy atom. The van der Waals surface area contributed by atoms with Crippen LogP contribution in [0.2, 0.25) is 0 Å². The minimum Gasteiger partial charge on any atom is -0.630 e. The molecule has 1 fully saturated rings. The van der Waals surface area contributed by atoms with E-state index in [-0.39, 0.29) is 11.5 Å². The molecule has 0 radical (unpaired) electrons. The summed E-state index contributed by atoms with van der Waals surface area (Å²) in [5, 5.41) is 14.5. The van der Waals surface area contributed by atoms with Crippen LogP contribution < -0.4 is 10.8 Å². The highest BCUT2D eigenvalue weighted by atomic mass is 16.5. The molecule has 8 nitrogen and oxygen atoms in total. The maximum Gasteiger partial charge on any atom is 0.292 e. The summed E-state index contributed by atoms with van der Waals surface area (Å²) >= 11 is 0. The van der Waals surface area contributed by atoms with E-state index in [0.29, 0.717) is 23.2 Å². The topological polar surface area (TPSA) is 126 Å². The third-order valence-corrected chi connectivity index (χ3v) is 5.16. The standard InChI is InChI=1S/C20H28N4O3.H2O/c1-14(2)24-13-17(16-7-6-15(22-27)12-18(16)24)19(25)20(26)21-8-11-23-9-4-3-5-10-23;/h6-7,12-14H,3-5,8-11,22H2,1-2H3,(H,21,26);1H2. The zero-order valence-electron chi connectivity index (χ0n) is 16.5. The fraction of sp³-hybridized carbons (Fsp3) is 0.500. The zero-order chi connectivity index (χ0) is 19.4. The predicted molar refractivity (Wildman–Crippen MR) is 109 cm³/mol. The van der Waals surface area contributed by atoms with Gasteiger partial charge in [0.15, 0.2) is 0 Å². The first-order valence-corrected chi connectivity index (χ1v) is 9.66. The van der Waals surface area contributed by atoms with Crippen LogP contribution in [-0.2, 0) is 4.79 Å². The molecule has 0 bridgehead atoms. The number of hydrogen-bond donors (Lipinski definition) is 2. The highest BCUT2D eigenvalue weighted by molar-refractivity contribution is 6.45. The number of carbonyl (C=O) groups excluding carboxylic acids is 2. The van der Waals surface area contributed by atoms with Crippen molar-refractivity contribution >= 4 is 28.3 Å². The summed E-state index contributed by atoms with van der Waals surface area (Å²) in [5.74, 6) is -1.11. The molecule has 1 aliphatic heterocycles. The molecule has 0 unspecified atom stereocenters. The number of carbonyl (C=O) groups is 2. The molecule has 0 aliphatic carbocycles. The van der Waals surface area contributed by atoms with E-state index in [4.69, 9.17) is 0 Å². The van der Waals surface area contributed by atoms with Crippen LogP contribution in [0, 0.1) is 5.21 Å².